The fourth-order valence-electron chi connectivity index (χ4n) is 4.20. The number of hydrogen-bond acceptors (Lipinski definition) is 9. The first-order valence-electron chi connectivity index (χ1n) is 13.3. The fraction of sp³-hybridized carbons (Fsp3) is 0.161. The molecule has 220 valence electrons. The summed E-state index contributed by atoms with van der Waals surface area (Å²) in [4.78, 5) is 26.8. The molecular weight excluding hydrogens is 605 g/mol. The van der Waals surface area contributed by atoms with Crippen molar-refractivity contribution in [2.45, 2.75) is 29.7 Å². The van der Waals surface area contributed by atoms with Crippen LogP contribution in [0.1, 0.15) is 28.7 Å². The predicted octanol–water partition coefficient (Wildman–Crippen LogP) is 6.19. The fourth-order valence-corrected chi connectivity index (χ4v) is 7.29. The van der Waals surface area contributed by atoms with Crippen LogP contribution in [0.15, 0.2) is 101 Å². The van der Waals surface area contributed by atoms with Gasteiger partial charge in [0.1, 0.15) is 10.8 Å². The van der Waals surface area contributed by atoms with Crippen molar-refractivity contribution >= 4 is 49.8 Å². The summed E-state index contributed by atoms with van der Waals surface area (Å²) < 4.78 is 33.3. The third kappa shape index (κ3) is 7.22. The zero-order valence-electron chi connectivity index (χ0n) is 23.4. The number of nitrogens with zero attached hydrogens (tertiary/aromatic N) is 3. The molecule has 2 heterocycles. The number of aromatic nitrogens is 3. The molecular formula is C31H28N4O5S3. The second-order valence-electron chi connectivity index (χ2n) is 9.42. The first-order valence-corrected chi connectivity index (χ1v) is 16.8. The van der Waals surface area contributed by atoms with Crippen LogP contribution in [0.3, 0.4) is 0 Å². The van der Waals surface area contributed by atoms with Gasteiger partial charge in [-0.15, -0.1) is 21.5 Å². The summed E-state index contributed by atoms with van der Waals surface area (Å²) in [6, 6.07) is 27.1. The minimum Gasteiger partial charge on any atom is -0.462 e. The van der Waals surface area contributed by atoms with Crippen molar-refractivity contribution in [1.82, 2.24) is 14.8 Å². The third-order valence-corrected chi connectivity index (χ3v) is 9.94. The van der Waals surface area contributed by atoms with Gasteiger partial charge in [0.2, 0.25) is 5.91 Å². The van der Waals surface area contributed by atoms with Crippen LogP contribution in [0.4, 0.5) is 5.00 Å². The molecule has 2 aromatic heterocycles. The molecule has 0 bridgehead atoms. The molecule has 5 aromatic rings. The van der Waals surface area contributed by atoms with Crippen LogP contribution >= 0.6 is 23.1 Å². The summed E-state index contributed by atoms with van der Waals surface area (Å²) in [6.45, 7) is 3.82. The van der Waals surface area contributed by atoms with Crippen LogP contribution < -0.4 is 5.32 Å². The molecule has 12 heteroatoms. The lowest BCUT2D eigenvalue weighted by atomic mass is 10.1. The minimum absolute atomic E-state index is 0.0590. The summed E-state index contributed by atoms with van der Waals surface area (Å²) in [6.07, 6.45) is 0. The van der Waals surface area contributed by atoms with Gasteiger partial charge in [-0.2, -0.15) is 0 Å². The molecule has 0 unspecified atom stereocenters. The maximum absolute atomic E-state index is 13.2. The molecule has 43 heavy (non-hydrogen) atoms. The number of thiophene rings is 1. The molecule has 0 aliphatic rings. The van der Waals surface area contributed by atoms with Gasteiger partial charge in [0.15, 0.2) is 20.8 Å². The van der Waals surface area contributed by atoms with Gasteiger partial charge >= 0.3 is 5.97 Å². The number of esters is 1. The molecule has 0 aliphatic heterocycles. The Labute approximate surface area is 257 Å². The van der Waals surface area contributed by atoms with E-state index in [4.69, 9.17) is 4.74 Å². The lowest BCUT2D eigenvalue weighted by molar-refractivity contribution is -0.113. The summed E-state index contributed by atoms with van der Waals surface area (Å²) in [7, 11) is -3.71. The first-order chi connectivity index (χ1) is 20.7. The van der Waals surface area contributed by atoms with Crippen LogP contribution in [-0.4, -0.2) is 47.4 Å². The normalized spacial score (nSPS) is 11.3. The Balaban J connectivity index is 1.37. The molecule has 0 aliphatic carbocycles. The van der Waals surface area contributed by atoms with Gasteiger partial charge in [-0.05, 0) is 49.7 Å². The zero-order valence-corrected chi connectivity index (χ0v) is 25.8. The number of aryl methyl sites for hydroxylation is 1. The molecule has 3 aromatic carbocycles. The number of ether oxygens (including phenoxy) is 1. The number of amides is 1. The number of hydrogen-bond donors (Lipinski definition) is 1. The Hall–Kier alpha value is -4.26. The van der Waals surface area contributed by atoms with Crippen molar-refractivity contribution in [2.75, 3.05) is 17.7 Å². The number of benzene rings is 3. The molecule has 1 N–H and O–H groups in total. The van der Waals surface area contributed by atoms with E-state index in [-0.39, 0.29) is 40.3 Å². The largest absolute Gasteiger partial charge is 0.462 e. The van der Waals surface area contributed by atoms with Crippen LogP contribution in [0.5, 0.6) is 0 Å². The van der Waals surface area contributed by atoms with Gasteiger partial charge < -0.3 is 10.1 Å². The van der Waals surface area contributed by atoms with Crippen molar-refractivity contribution in [3.63, 3.8) is 0 Å². The summed E-state index contributed by atoms with van der Waals surface area (Å²) in [5.74, 6) is -1.09. The van der Waals surface area contributed by atoms with Crippen molar-refractivity contribution in [3.8, 4) is 16.1 Å². The van der Waals surface area contributed by atoms with Crippen LogP contribution in [0.2, 0.25) is 0 Å². The van der Waals surface area contributed by atoms with E-state index in [0.717, 1.165) is 27.8 Å². The van der Waals surface area contributed by atoms with Gasteiger partial charge in [-0.25, -0.2) is 13.2 Å². The number of nitrogens with one attached hydrogen (secondary N) is 1. The van der Waals surface area contributed by atoms with Gasteiger partial charge in [0.05, 0.1) is 22.8 Å². The Morgan fingerprint density at radius 2 is 1.63 bits per heavy atom. The average molecular weight is 633 g/mol. The van der Waals surface area contributed by atoms with Gasteiger partial charge in [-0.3, -0.25) is 9.36 Å². The van der Waals surface area contributed by atoms with Crippen LogP contribution in [0, 0.1) is 6.92 Å². The Kier molecular flexibility index (Phi) is 9.39. The maximum Gasteiger partial charge on any atom is 0.341 e. The standard InChI is InChI=1S/C31H28N4O5S3/c1-3-40-30(37)25-18-26(22-10-6-4-7-11-22)42-29(25)32-28(36)19-41-31-34-33-27(35(31)23-12-8-5-9-13-23)20-43(38,39)24-16-14-21(2)15-17-24/h4-18H,3,19-20H2,1-2H3,(H,32,36). The van der Waals surface area contributed by atoms with Crippen molar-refractivity contribution < 1.29 is 22.7 Å². The van der Waals surface area contributed by atoms with E-state index in [0.29, 0.717) is 15.8 Å². The molecule has 0 saturated heterocycles. The summed E-state index contributed by atoms with van der Waals surface area (Å²) in [5.41, 5.74) is 2.81. The zero-order chi connectivity index (χ0) is 30.4. The number of anilines is 1. The second kappa shape index (κ2) is 13.4. The van der Waals surface area contributed by atoms with Gasteiger partial charge in [0, 0.05) is 10.6 Å². The van der Waals surface area contributed by atoms with E-state index in [1.807, 2.05) is 67.6 Å². The number of rotatable bonds is 11. The van der Waals surface area contributed by atoms with E-state index in [1.165, 1.54) is 11.3 Å². The highest BCUT2D eigenvalue weighted by atomic mass is 32.2. The van der Waals surface area contributed by atoms with Gasteiger partial charge in [-0.1, -0.05) is 78.0 Å². The highest BCUT2D eigenvalue weighted by Crippen LogP contribution is 2.36. The molecule has 5 rings (SSSR count). The van der Waals surface area contributed by atoms with Crippen LogP contribution in [-0.2, 0) is 25.1 Å². The molecule has 0 spiro atoms. The molecule has 9 nitrogen and oxygen atoms in total. The van der Waals surface area contributed by atoms with E-state index >= 15 is 0 Å². The molecule has 0 fully saturated rings. The van der Waals surface area contributed by atoms with Crippen molar-refractivity contribution in [1.29, 1.82) is 0 Å². The average Bonchev–Trinajstić information content (AvgIpc) is 3.61. The van der Waals surface area contributed by atoms with E-state index in [2.05, 4.69) is 15.5 Å². The van der Waals surface area contributed by atoms with Crippen LogP contribution in [0.25, 0.3) is 16.1 Å². The van der Waals surface area contributed by atoms with E-state index in [1.54, 1.807) is 41.8 Å². The predicted molar refractivity (Wildman–Crippen MR) is 168 cm³/mol. The number of thioether (sulfide) groups is 1. The highest BCUT2D eigenvalue weighted by molar-refractivity contribution is 7.99. The minimum atomic E-state index is -3.71. The monoisotopic (exact) mass is 632 g/mol. The lowest BCUT2D eigenvalue weighted by Gasteiger charge is -2.11. The SMILES string of the molecule is CCOC(=O)c1cc(-c2ccccc2)sc1NC(=O)CSc1nnc(CS(=O)(=O)c2ccc(C)cc2)n1-c1ccccc1. The Bertz CT molecular complexity index is 1840. The summed E-state index contributed by atoms with van der Waals surface area (Å²) >= 11 is 2.40. The topological polar surface area (TPSA) is 120 Å². The number of sulfone groups is 1. The van der Waals surface area contributed by atoms with Gasteiger partial charge in [0.25, 0.3) is 0 Å². The Morgan fingerprint density at radius 1 is 0.953 bits per heavy atom. The Morgan fingerprint density at radius 3 is 2.30 bits per heavy atom. The number of carbonyl (C=O) groups excluding carboxylic acids is 2. The highest BCUT2D eigenvalue weighted by Gasteiger charge is 2.24. The maximum atomic E-state index is 13.2. The molecule has 1 amide bonds. The van der Waals surface area contributed by atoms with E-state index in [9.17, 15) is 18.0 Å². The second-order valence-corrected chi connectivity index (χ2v) is 13.4. The summed E-state index contributed by atoms with van der Waals surface area (Å²) in [5, 5.41) is 12.0. The number of carbonyl (C=O) groups is 2. The van der Waals surface area contributed by atoms with Crippen molar-refractivity contribution in [3.05, 3.63) is 108 Å². The lowest BCUT2D eigenvalue weighted by Crippen LogP contribution is -2.16. The van der Waals surface area contributed by atoms with Crippen molar-refractivity contribution in [2.24, 2.45) is 0 Å². The smallest absolute Gasteiger partial charge is 0.341 e. The molecule has 0 radical (unpaired) electrons. The molecule has 0 atom stereocenters. The quantitative estimate of drug-likeness (QED) is 0.135. The third-order valence-electron chi connectivity index (χ3n) is 6.29. The molecule has 0 saturated carbocycles. The first kappa shape index (κ1) is 30.2. The van der Waals surface area contributed by atoms with E-state index < -0.39 is 15.8 Å². The number of para-hydroxylation sites is 1.